The summed E-state index contributed by atoms with van der Waals surface area (Å²) in [6.07, 6.45) is 1.41. The molecule has 0 bridgehead atoms. The number of carbonyl (C=O) groups excluding carboxylic acids is 1. The number of Topliss-reactive ketones (excluding diaryl/α,β-unsaturated/α-hetero) is 1. The van der Waals surface area contributed by atoms with Gasteiger partial charge in [-0.15, -0.1) is 0 Å². The van der Waals surface area contributed by atoms with Gasteiger partial charge < -0.3 is 10.5 Å². The average Bonchev–Trinajstić information content (AvgIpc) is 3.20. The van der Waals surface area contributed by atoms with E-state index < -0.39 is 11.6 Å². The van der Waals surface area contributed by atoms with Crippen LogP contribution in [0.15, 0.2) is 66.9 Å². The van der Waals surface area contributed by atoms with Gasteiger partial charge in [-0.3, -0.25) is 4.79 Å². The van der Waals surface area contributed by atoms with E-state index in [1.165, 1.54) is 36.5 Å². The molecule has 2 aromatic heterocycles. The zero-order valence-corrected chi connectivity index (χ0v) is 19.8. The lowest BCUT2D eigenvalue weighted by Crippen LogP contribution is -2.13. The zero-order valence-electron chi connectivity index (χ0n) is 19.8. The standard InChI is InChI=1S/C27H26F2N4O2/c1-27(2,3)25-14-20(33(32-25)19-6-4-5-18(28)12-19)13-21(34)11-17-7-8-22(15-24(17)29)35-23-9-10-31-26(30)16-23/h4-10,12,14-16H,11,13H2,1-3H3,(H2,30,31). The number of aromatic nitrogens is 3. The molecule has 2 heterocycles. The Morgan fingerprint density at radius 1 is 1.00 bits per heavy atom. The van der Waals surface area contributed by atoms with Gasteiger partial charge in [0.25, 0.3) is 0 Å². The summed E-state index contributed by atoms with van der Waals surface area (Å²) < 4.78 is 35.8. The minimum atomic E-state index is -0.549. The number of nitrogen functional groups attached to an aromatic ring is 1. The fourth-order valence-electron chi connectivity index (χ4n) is 3.58. The summed E-state index contributed by atoms with van der Waals surface area (Å²) in [5, 5.41) is 4.62. The smallest absolute Gasteiger partial charge is 0.143 e. The predicted molar refractivity (Wildman–Crippen MR) is 130 cm³/mol. The number of nitrogens with two attached hydrogens (primary N) is 1. The highest BCUT2D eigenvalue weighted by atomic mass is 19.1. The van der Waals surface area contributed by atoms with Gasteiger partial charge in [-0.2, -0.15) is 5.10 Å². The van der Waals surface area contributed by atoms with Gasteiger partial charge in [0.15, 0.2) is 0 Å². The SMILES string of the molecule is CC(C)(C)c1cc(CC(=O)Cc2ccc(Oc3ccnc(N)c3)cc2F)n(-c2cccc(F)c2)n1. The Balaban J connectivity index is 1.53. The van der Waals surface area contributed by atoms with Gasteiger partial charge in [-0.05, 0) is 42.0 Å². The Hall–Kier alpha value is -4.07. The van der Waals surface area contributed by atoms with Crippen molar-refractivity contribution in [3.63, 3.8) is 0 Å². The van der Waals surface area contributed by atoms with Crippen LogP contribution in [-0.2, 0) is 23.1 Å². The van der Waals surface area contributed by atoms with Crippen LogP contribution in [-0.4, -0.2) is 20.5 Å². The molecule has 180 valence electrons. The van der Waals surface area contributed by atoms with Crippen molar-refractivity contribution < 1.29 is 18.3 Å². The first-order valence-corrected chi connectivity index (χ1v) is 11.1. The van der Waals surface area contributed by atoms with E-state index >= 15 is 0 Å². The van der Waals surface area contributed by atoms with Crippen LogP contribution in [0.1, 0.15) is 37.7 Å². The summed E-state index contributed by atoms with van der Waals surface area (Å²) in [6, 6.07) is 15.4. The minimum absolute atomic E-state index is 0.0214. The Bertz CT molecular complexity index is 1380. The van der Waals surface area contributed by atoms with E-state index in [1.54, 1.807) is 28.9 Å². The molecule has 4 rings (SSSR count). The lowest BCUT2D eigenvalue weighted by Gasteiger charge is -2.14. The molecular weight excluding hydrogens is 450 g/mol. The first-order valence-electron chi connectivity index (χ1n) is 11.1. The van der Waals surface area contributed by atoms with Crippen molar-refractivity contribution in [2.24, 2.45) is 0 Å². The Morgan fingerprint density at radius 3 is 2.46 bits per heavy atom. The van der Waals surface area contributed by atoms with Gasteiger partial charge in [0.2, 0.25) is 0 Å². The first-order chi connectivity index (χ1) is 16.6. The van der Waals surface area contributed by atoms with Gasteiger partial charge >= 0.3 is 0 Å². The normalized spacial score (nSPS) is 11.5. The number of ketones is 1. The average molecular weight is 477 g/mol. The summed E-state index contributed by atoms with van der Waals surface area (Å²) in [7, 11) is 0. The third kappa shape index (κ3) is 5.90. The summed E-state index contributed by atoms with van der Waals surface area (Å²) in [4.78, 5) is 16.8. The van der Waals surface area contributed by atoms with Crippen molar-refractivity contribution in [2.75, 3.05) is 5.73 Å². The third-order valence-electron chi connectivity index (χ3n) is 5.38. The second kappa shape index (κ2) is 9.66. The van der Waals surface area contributed by atoms with Gasteiger partial charge in [-0.1, -0.05) is 32.9 Å². The number of hydrogen-bond donors (Lipinski definition) is 1. The van der Waals surface area contributed by atoms with Gasteiger partial charge in [0.05, 0.1) is 17.1 Å². The van der Waals surface area contributed by atoms with E-state index in [9.17, 15) is 13.6 Å². The highest BCUT2D eigenvalue weighted by Gasteiger charge is 2.22. The lowest BCUT2D eigenvalue weighted by atomic mass is 9.92. The maximum absolute atomic E-state index is 14.8. The van der Waals surface area contributed by atoms with E-state index in [4.69, 9.17) is 10.5 Å². The summed E-state index contributed by atoms with van der Waals surface area (Å²) in [6.45, 7) is 6.03. The van der Waals surface area contributed by atoms with Crippen LogP contribution in [0.25, 0.3) is 5.69 Å². The topological polar surface area (TPSA) is 83.0 Å². The van der Waals surface area contributed by atoms with Crippen molar-refractivity contribution in [3.8, 4) is 17.2 Å². The molecule has 0 radical (unpaired) electrons. The number of hydrogen-bond acceptors (Lipinski definition) is 5. The van der Waals surface area contributed by atoms with E-state index in [0.29, 0.717) is 17.1 Å². The van der Waals surface area contributed by atoms with E-state index in [-0.39, 0.29) is 41.2 Å². The second-order valence-corrected chi connectivity index (χ2v) is 9.33. The number of benzene rings is 2. The maximum Gasteiger partial charge on any atom is 0.143 e. The summed E-state index contributed by atoms with van der Waals surface area (Å²) in [5.74, 6) is -0.141. The van der Waals surface area contributed by atoms with Crippen LogP contribution in [0.5, 0.6) is 11.5 Å². The molecule has 0 atom stereocenters. The van der Waals surface area contributed by atoms with E-state index in [2.05, 4.69) is 10.1 Å². The summed E-state index contributed by atoms with van der Waals surface area (Å²) >= 11 is 0. The van der Waals surface area contributed by atoms with Crippen LogP contribution < -0.4 is 10.5 Å². The van der Waals surface area contributed by atoms with Crippen molar-refractivity contribution in [1.82, 2.24) is 14.8 Å². The van der Waals surface area contributed by atoms with Crippen molar-refractivity contribution in [1.29, 1.82) is 0 Å². The van der Waals surface area contributed by atoms with Crippen LogP contribution in [0, 0.1) is 11.6 Å². The number of pyridine rings is 1. The fourth-order valence-corrected chi connectivity index (χ4v) is 3.58. The Morgan fingerprint density at radius 2 is 1.77 bits per heavy atom. The van der Waals surface area contributed by atoms with Crippen molar-refractivity contribution in [2.45, 2.75) is 39.0 Å². The molecule has 0 aliphatic carbocycles. The highest BCUT2D eigenvalue weighted by molar-refractivity contribution is 5.83. The number of anilines is 1. The number of rotatable bonds is 7. The molecule has 35 heavy (non-hydrogen) atoms. The molecule has 8 heteroatoms. The van der Waals surface area contributed by atoms with E-state index in [1.807, 2.05) is 26.8 Å². The third-order valence-corrected chi connectivity index (χ3v) is 5.38. The highest BCUT2D eigenvalue weighted by Crippen LogP contribution is 2.26. The van der Waals surface area contributed by atoms with Crippen LogP contribution in [0.4, 0.5) is 14.6 Å². The van der Waals surface area contributed by atoms with E-state index in [0.717, 1.165) is 5.69 Å². The molecule has 0 fully saturated rings. The molecule has 0 saturated carbocycles. The monoisotopic (exact) mass is 476 g/mol. The molecule has 0 unspecified atom stereocenters. The molecule has 0 aliphatic rings. The molecule has 4 aromatic rings. The van der Waals surface area contributed by atoms with Gasteiger partial charge in [-0.25, -0.2) is 18.4 Å². The molecule has 0 spiro atoms. The largest absolute Gasteiger partial charge is 0.457 e. The Kier molecular flexibility index (Phi) is 6.64. The molecule has 2 aromatic carbocycles. The number of halogens is 2. The first kappa shape index (κ1) is 24.1. The summed E-state index contributed by atoms with van der Waals surface area (Å²) in [5.41, 5.74) is 7.53. The lowest BCUT2D eigenvalue weighted by molar-refractivity contribution is -0.117. The predicted octanol–water partition coefficient (Wildman–Crippen LogP) is 5.57. The minimum Gasteiger partial charge on any atom is -0.457 e. The quantitative estimate of drug-likeness (QED) is 0.377. The second-order valence-electron chi connectivity index (χ2n) is 9.33. The molecule has 0 amide bonds. The number of ether oxygens (including phenoxy) is 1. The van der Waals surface area contributed by atoms with Gasteiger partial charge in [0.1, 0.15) is 34.7 Å². The fraction of sp³-hybridized carbons (Fsp3) is 0.222. The molecule has 0 saturated heterocycles. The molecule has 6 nitrogen and oxygen atoms in total. The Labute approximate surface area is 202 Å². The van der Waals surface area contributed by atoms with Crippen molar-refractivity contribution >= 4 is 11.6 Å². The molecule has 2 N–H and O–H groups in total. The zero-order chi connectivity index (χ0) is 25.2. The van der Waals surface area contributed by atoms with Crippen LogP contribution in [0.2, 0.25) is 0 Å². The number of nitrogens with zero attached hydrogens (tertiary/aromatic N) is 3. The van der Waals surface area contributed by atoms with Gasteiger partial charge in [0, 0.05) is 36.6 Å². The molecular formula is C27H26F2N4O2. The van der Waals surface area contributed by atoms with Crippen LogP contribution >= 0.6 is 0 Å². The molecule has 0 aliphatic heterocycles. The number of carbonyl (C=O) groups is 1. The van der Waals surface area contributed by atoms with Crippen LogP contribution in [0.3, 0.4) is 0 Å². The maximum atomic E-state index is 14.8. The van der Waals surface area contributed by atoms with Crippen molar-refractivity contribution in [3.05, 3.63) is 95.4 Å².